The van der Waals surface area contributed by atoms with Crippen LogP contribution < -0.4 is 10.4 Å². The number of anilines is 1. The van der Waals surface area contributed by atoms with E-state index in [1.165, 1.54) is 6.20 Å². The number of hydrogen-bond donors (Lipinski definition) is 1. The molecule has 1 aliphatic rings. The van der Waals surface area contributed by atoms with Crippen LogP contribution in [0.25, 0.3) is 0 Å². The zero-order valence-corrected chi connectivity index (χ0v) is 10.9. The molecule has 1 amide bonds. The summed E-state index contributed by atoms with van der Waals surface area (Å²) in [6.45, 7) is 3.98. The number of nitrogens with zero attached hydrogens (tertiary/aromatic N) is 3. The minimum atomic E-state index is -0.454. The van der Waals surface area contributed by atoms with Crippen molar-refractivity contribution in [2.45, 2.75) is 19.8 Å². The van der Waals surface area contributed by atoms with E-state index < -0.39 is 5.91 Å². The summed E-state index contributed by atoms with van der Waals surface area (Å²) in [7, 11) is 0. The third-order valence-electron chi connectivity index (χ3n) is 2.64. The van der Waals surface area contributed by atoms with Crippen molar-refractivity contribution < 1.29 is 9.63 Å². The van der Waals surface area contributed by atoms with E-state index in [0.29, 0.717) is 12.6 Å². The smallest absolute Gasteiger partial charge is 0.295 e. The Morgan fingerprint density at radius 1 is 1.56 bits per heavy atom. The third-order valence-corrected chi connectivity index (χ3v) is 2.92. The van der Waals surface area contributed by atoms with Gasteiger partial charge in [-0.25, -0.2) is 15.4 Å². The van der Waals surface area contributed by atoms with Gasteiger partial charge in [-0.1, -0.05) is 11.6 Å². The number of aromatic nitrogens is 2. The van der Waals surface area contributed by atoms with Crippen molar-refractivity contribution in [3.8, 4) is 0 Å². The molecule has 1 aromatic heterocycles. The fourth-order valence-electron chi connectivity index (χ4n) is 1.77. The highest BCUT2D eigenvalue weighted by Crippen LogP contribution is 2.19. The van der Waals surface area contributed by atoms with E-state index in [2.05, 4.69) is 15.4 Å². The Balaban J connectivity index is 2.17. The van der Waals surface area contributed by atoms with E-state index in [4.69, 9.17) is 16.4 Å². The number of nitrogens with one attached hydrogen (secondary N) is 1. The Labute approximate surface area is 110 Å². The number of rotatable bonds is 4. The zero-order valence-electron chi connectivity index (χ0n) is 10.1. The molecule has 0 spiro atoms. The van der Waals surface area contributed by atoms with Crippen LogP contribution in [0.2, 0.25) is 5.02 Å². The first-order valence-electron chi connectivity index (χ1n) is 5.92. The maximum atomic E-state index is 11.8. The summed E-state index contributed by atoms with van der Waals surface area (Å²) < 4.78 is 0. The first-order chi connectivity index (χ1) is 8.72. The molecule has 2 heterocycles. The Morgan fingerprint density at radius 2 is 2.28 bits per heavy atom. The van der Waals surface area contributed by atoms with E-state index in [1.807, 2.05) is 4.90 Å². The average molecular weight is 271 g/mol. The van der Waals surface area contributed by atoms with E-state index in [0.717, 1.165) is 25.9 Å². The van der Waals surface area contributed by atoms with Crippen LogP contribution in [0.15, 0.2) is 6.20 Å². The predicted molar refractivity (Wildman–Crippen MR) is 67.6 cm³/mol. The normalized spacial score (nSPS) is 14.9. The van der Waals surface area contributed by atoms with E-state index in [1.54, 1.807) is 6.92 Å². The van der Waals surface area contributed by atoms with Crippen LogP contribution in [0.1, 0.15) is 30.3 Å². The zero-order chi connectivity index (χ0) is 13.0. The topological polar surface area (TPSA) is 67.3 Å². The molecule has 98 valence electrons. The van der Waals surface area contributed by atoms with E-state index >= 15 is 0 Å². The van der Waals surface area contributed by atoms with Crippen molar-refractivity contribution in [3.63, 3.8) is 0 Å². The van der Waals surface area contributed by atoms with Crippen LogP contribution >= 0.6 is 11.6 Å². The summed E-state index contributed by atoms with van der Waals surface area (Å²) in [5, 5.41) is 0.218. The molecule has 18 heavy (non-hydrogen) atoms. The molecule has 0 unspecified atom stereocenters. The van der Waals surface area contributed by atoms with Crippen LogP contribution in [-0.2, 0) is 4.84 Å². The average Bonchev–Trinajstić information content (AvgIpc) is 2.90. The van der Waals surface area contributed by atoms with Gasteiger partial charge in [0.1, 0.15) is 0 Å². The van der Waals surface area contributed by atoms with Gasteiger partial charge >= 0.3 is 0 Å². The molecule has 0 aromatic carbocycles. The molecular weight excluding hydrogens is 256 g/mol. The lowest BCUT2D eigenvalue weighted by Gasteiger charge is -2.15. The number of hydrogen-bond acceptors (Lipinski definition) is 5. The van der Waals surface area contributed by atoms with Gasteiger partial charge in [0.05, 0.1) is 17.8 Å². The lowest BCUT2D eigenvalue weighted by molar-refractivity contribution is 0.0360. The molecule has 0 aliphatic carbocycles. The Bertz CT molecular complexity index is 435. The molecule has 1 aliphatic heterocycles. The summed E-state index contributed by atoms with van der Waals surface area (Å²) in [5.41, 5.74) is 2.42. The summed E-state index contributed by atoms with van der Waals surface area (Å²) in [4.78, 5) is 27.0. The van der Waals surface area contributed by atoms with Gasteiger partial charge in [0, 0.05) is 13.1 Å². The molecule has 0 atom stereocenters. The first-order valence-corrected chi connectivity index (χ1v) is 6.29. The molecule has 1 aromatic rings. The molecule has 1 N–H and O–H groups in total. The van der Waals surface area contributed by atoms with E-state index in [-0.39, 0.29) is 10.7 Å². The molecular formula is C11H15ClN4O2. The number of halogens is 1. The minimum absolute atomic E-state index is 0.141. The maximum Gasteiger partial charge on any atom is 0.295 e. The highest BCUT2D eigenvalue weighted by molar-refractivity contribution is 6.33. The highest BCUT2D eigenvalue weighted by Gasteiger charge is 2.19. The van der Waals surface area contributed by atoms with Crippen LogP contribution in [-0.4, -0.2) is 35.6 Å². The van der Waals surface area contributed by atoms with Crippen molar-refractivity contribution in [3.05, 3.63) is 16.9 Å². The number of amides is 1. The molecule has 0 bridgehead atoms. The summed E-state index contributed by atoms with van der Waals surface area (Å²) in [6.07, 6.45) is 3.68. The molecule has 0 radical (unpaired) electrons. The van der Waals surface area contributed by atoms with Gasteiger partial charge in [0.15, 0.2) is 5.69 Å². The molecule has 7 heteroatoms. The lowest BCUT2D eigenvalue weighted by atomic mass is 10.4. The summed E-state index contributed by atoms with van der Waals surface area (Å²) >= 11 is 5.92. The largest absolute Gasteiger partial charge is 0.341 e. The van der Waals surface area contributed by atoms with Gasteiger partial charge in [-0.3, -0.25) is 9.63 Å². The van der Waals surface area contributed by atoms with Gasteiger partial charge in [-0.2, -0.15) is 0 Å². The van der Waals surface area contributed by atoms with Gasteiger partial charge in [0.25, 0.3) is 5.91 Å². The van der Waals surface area contributed by atoms with E-state index in [9.17, 15) is 4.79 Å². The van der Waals surface area contributed by atoms with Crippen LogP contribution in [0.4, 0.5) is 5.95 Å². The third kappa shape index (κ3) is 2.88. The fraction of sp³-hybridized carbons (Fsp3) is 0.545. The van der Waals surface area contributed by atoms with Crippen molar-refractivity contribution in [2.24, 2.45) is 0 Å². The summed E-state index contributed by atoms with van der Waals surface area (Å²) in [6, 6.07) is 0. The molecule has 6 nitrogen and oxygen atoms in total. The van der Waals surface area contributed by atoms with Gasteiger partial charge < -0.3 is 4.90 Å². The Hall–Kier alpha value is -1.40. The quantitative estimate of drug-likeness (QED) is 0.838. The number of carbonyl (C=O) groups excluding carboxylic acids is 1. The standard InChI is InChI=1S/C11H15ClN4O2/c1-2-18-15-10(17)9-8(12)7-13-11(14-9)16-5-3-4-6-16/h7H,2-6H2,1H3,(H,15,17). The van der Waals surface area contributed by atoms with Gasteiger partial charge in [0.2, 0.25) is 5.95 Å². The Kier molecular flexibility index (Phi) is 4.33. The van der Waals surface area contributed by atoms with Crippen molar-refractivity contribution in [1.29, 1.82) is 0 Å². The van der Waals surface area contributed by atoms with Crippen molar-refractivity contribution in [1.82, 2.24) is 15.4 Å². The predicted octanol–water partition coefficient (Wildman–Crippen LogP) is 1.41. The van der Waals surface area contributed by atoms with Crippen molar-refractivity contribution in [2.75, 3.05) is 24.6 Å². The van der Waals surface area contributed by atoms with Gasteiger partial charge in [-0.05, 0) is 19.8 Å². The SMILES string of the molecule is CCONC(=O)c1nc(N2CCCC2)ncc1Cl. The monoisotopic (exact) mass is 270 g/mol. The Morgan fingerprint density at radius 3 is 2.94 bits per heavy atom. The molecule has 0 saturated carbocycles. The maximum absolute atomic E-state index is 11.8. The summed E-state index contributed by atoms with van der Waals surface area (Å²) in [5.74, 6) is 0.0863. The highest BCUT2D eigenvalue weighted by atomic mass is 35.5. The van der Waals surface area contributed by atoms with Crippen molar-refractivity contribution >= 4 is 23.5 Å². The second kappa shape index (κ2) is 5.97. The molecule has 1 fully saturated rings. The number of carbonyl (C=O) groups is 1. The number of hydroxylamine groups is 1. The molecule has 1 saturated heterocycles. The second-order valence-electron chi connectivity index (χ2n) is 3.92. The van der Waals surface area contributed by atoms with Crippen LogP contribution in [0.3, 0.4) is 0 Å². The van der Waals surface area contributed by atoms with Gasteiger partial charge in [-0.15, -0.1) is 0 Å². The first kappa shape index (κ1) is 13.0. The second-order valence-corrected chi connectivity index (χ2v) is 4.33. The molecule has 2 rings (SSSR count). The lowest BCUT2D eigenvalue weighted by Crippen LogP contribution is -2.27. The van der Waals surface area contributed by atoms with Crippen LogP contribution in [0, 0.1) is 0 Å². The fourth-order valence-corrected chi connectivity index (χ4v) is 1.95. The van der Waals surface area contributed by atoms with Crippen LogP contribution in [0.5, 0.6) is 0 Å². The minimum Gasteiger partial charge on any atom is -0.341 e.